The van der Waals surface area contributed by atoms with Crippen molar-refractivity contribution in [2.75, 3.05) is 7.11 Å². The number of esters is 1. The normalized spacial score (nSPS) is 13.5. The van der Waals surface area contributed by atoms with Gasteiger partial charge in [0.2, 0.25) is 0 Å². The summed E-state index contributed by atoms with van der Waals surface area (Å²) in [5.74, 6) is -0.762. The maximum absolute atomic E-state index is 13.5. The van der Waals surface area contributed by atoms with E-state index in [1.54, 1.807) is 24.3 Å². The molecule has 1 aromatic rings. The lowest BCUT2D eigenvalue weighted by atomic mass is 9.93. The van der Waals surface area contributed by atoms with Crippen molar-refractivity contribution in [2.24, 2.45) is 0 Å². The lowest BCUT2D eigenvalue weighted by molar-refractivity contribution is -0.143. The molecule has 0 aliphatic heterocycles. The molecule has 1 atom stereocenters. The zero-order valence-corrected chi connectivity index (χ0v) is 19.0. The third-order valence-electron chi connectivity index (χ3n) is 5.30. The van der Waals surface area contributed by atoms with E-state index in [1.165, 1.54) is 32.4 Å². The number of hydrogen-bond donors (Lipinski definition) is 0. The Labute approximate surface area is 177 Å². The molecule has 0 aliphatic carbocycles. The van der Waals surface area contributed by atoms with E-state index < -0.39 is 20.6 Å². The van der Waals surface area contributed by atoms with Gasteiger partial charge in [-0.05, 0) is 44.7 Å². The van der Waals surface area contributed by atoms with Gasteiger partial charge in [-0.3, -0.25) is 4.79 Å². The van der Waals surface area contributed by atoms with E-state index in [4.69, 9.17) is 4.74 Å². The Morgan fingerprint density at radius 2 is 1.69 bits per heavy atom. The molecular formula is C24H36O4S. The zero-order valence-electron chi connectivity index (χ0n) is 18.2. The number of allylic oxidation sites excluding steroid dienone is 2. The number of carbonyl (C=O) groups excluding carboxylic acids is 1. The van der Waals surface area contributed by atoms with Crippen LogP contribution in [0.3, 0.4) is 0 Å². The smallest absolute Gasteiger partial charge is 0.328 e. The van der Waals surface area contributed by atoms with Crippen molar-refractivity contribution in [1.82, 2.24) is 0 Å². The van der Waals surface area contributed by atoms with E-state index in [-0.39, 0.29) is 17.7 Å². The zero-order chi connectivity index (χ0) is 21.9. The van der Waals surface area contributed by atoms with Crippen LogP contribution in [0.4, 0.5) is 0 Å². The van der Waals surface area contributed by atoms with Crippen LogP contribution in [0.2, 0.25) is 0 Å². The molecule has 0 saturated carbocycles. The molecule has 4 nitrogen and oxygen atoms in total. The quantitative estimate of drug-likeness (QED) is 0.212. The highest BCUT2D eigenvalue weighted by atomic mass is 32.2. The predicted octanol–water partition coefficient (Wildman–Crippen LogP) is 5.95. The second kappa shape index (κ2) is 12.0. The molecule has 0 amide bonds. The maximum atomic E-state index is 13.5. The molecule has 0 fully saturated rings. The summed E-state index contributed by atoms with van der Waals surface area (Å²) in [4.78, 5) is 12.9. The van der Waals surface area contributed by atoms with Crippen LogP contribution in [-0.4, -0.2) is 26.2 Å². The number of rotatable bonds is 14. The minimum atomic E-state index is -4.00. The minimum absolute atomic E-state index is 0.0224. The van der Waals surface area contributed by atoms with Gasteiger partial charge in [-0.25, -0.2) is 8.42 Å². The Kier molecular flexibility index (Phi) is 10.4. The third kappa shape index (κ3) is 6.56. The summed E-state index contributed by atoms with van der Waals surface area (Å²) in [6.07, 6.45) is 9.03. The number of benzene rings is 1. The molecular weight excluding hydrogens is 384 g/mol. The van der Waals surface area contributed by atoms with Crippen molar-refractivity contribution < 1.29 is 17.9 Å². The molecule has 1 aromatic carbocycles. The highest BCUT2D eigenvalue weighted by molar-refractivity contribution is 7.93. The van der Waals surface area contributed by atoms with E-state index in [0.717, 1.165) is 30.4 Å². The Morgan fingerprint density at radius 3 is 2.24 bits per heavy atom. The standard InChI is InChI=1S/C24H36O4S/c1-6-8-9-10-11-12-13-21(4)19-24(18-7-2,23(25)28-5)29(26,27)22-16-14-20(3)15-17-22/h7,14-17H,2,4,6,8-13,18-19H2,1,3,5H3. The summed E-state index contributed by atoms with van der Waals surface area (Å²) < 4.78 is 30.3. The number of hydrogen-bond acceptors (Lipinski definition) is 4. The summed E-state index contributed by atoms with van der Waals surface area (Å²) in [7, 11) is -2.77. The fourth-order valence-electron chi connectivity index (χ4n) is 3.55. The molecule has 1 rings (SSSR count). The molecule has 0 heterocycles. The van der Waals surface area contributed by atoms with Crippen LogP contribution >= 0.6 is 0 Å². The number of sulfone groups is 1. The average molecular weight is 421 g/mol. The molecule has 0 aromatic heterocycles. The Hall–Kier alpha value is -1.88. The highest BCUT2D eigenvalue weighted by Gasteiger charge is 2.51. The Morgan fingerprint density at radius 1 is 1.10 bits per heavy atom. The second-order valence-corrected chi connectivity index (χ2v) is 10.00. The fourth-order valence-corrected chi connectivity index (χ4v) is 5.53. The van der Waals surface area contributed by atoms with Gasteiger partial charge in [0.05, 0.1) is 12.0 Å². The molecule has 162 valence electrons. The van der Waals surface area contributed by atoms with Gasteiger partial charge >= 0.3 is 5.97 Å². The Balaban J connectivity index is 3.09. The highest BCUT2D eigenvalue weighted by Crippen LogP contribution is 2.37. The van der Waals surface area contributed by atoms with Crippen LogP contribution in [0, 0.1) is 6.92 Å². The number of methoxy groups -OCH3 is 1. The summed E-state index contributed by atoms with van der Waals surface area (Å²) in [6.45, 7) is 11.8. The molecule has 29 heavy (non-hydrogen) atoms. The number of unbranched alkanes of at least 4 members (excludes halogenated alkanes) is 5. The molecule has 0 bridgehead atoms. The summed E-state index contributed by atoms with van der Waals surface area (Å²) in [6, 6.07) is 6.55. The first-order valence-electron chi connectivity index (χ1n) is 10.4. The first kappa shape index (κ1) is 25.2. The van der Waals surface area contributed by atoms with Crippen molar-refractivity contribution >= 4 is 15.8 Å². The molecule has 0 radical (unpaired) electrons. The van der Waals surface area contributed by atoms with E-state index in [9.17, 15) is 13.2 Å². The van der Waals surface area contributed by atoms with Gasteiger partial charge in [-0.1, -0.05) is 75.0 Å². The molecule has 5 heteroatoms. The first-order valence-corrected chi connectivity index (χ1v) is 11.9. The van der Waals surface area contributed by atoms with Crippen LogP contribution in [-0.2, 0) is 19.4 Å². The van der Waals surface area contributed by atoms with Crippen molar-refractivity contribution in [3.8, 4) is 0 Å². The van der Waals surface area contributed by atoms with E-state index >= 15 is 0 Å². The predicted molar refractivity (Wildman–Crippen MR) is 120 cm³/mol. The summed E-state index contributed by atoms with van der Waals surface area (Å²) in [5, 5.41) is 0. The number of aryl methyl sites for hydroxylation is 1. The van der Waals surface area contributed by atoms with E-state index in [2.05, 4.69) is 20.1 Å². The molecule has 0 saturated heterocycles. The Bertz CT molecular complexity index is 778. The molecule has 1 unspecified atom stereocenters. The lowest BCUT2D eigenvalue weighted by Gasteiger charge is -2.30. The monoisotopic (exact) mass is 420 g/mol. The second-order valence-electron chi connectivity index (χ2n) is 7.74. The van der Waals surface area contributed by atoms with Crippen LogP contribution in [0.1, 0.15) is 70.3 Å². The van der Waals surface area contributed by atoms with Crippen LogP contribution < -0.4 is 0 Å². The van der Waals surface area contributed by atoms with E-state index in [1.807, 2.05) is 6.92 Å². The van der Waals surface area contributed by atoms with E-state index in [0.29, 0.717) is 6.42 Å². The molecule has 0 N–H and O–H groups in total. The van der Waals surface area contributed by atoms with Crippen LogP contribution in [0.15, 0.2) is 54.0 Å². The maximum Gasteiger partial charge on any atom is 0.328 e. The summed E-state index contributed by atoms with van der Waals surface area (Å²) >= 11 is 0. The van der Waals surface area contributed by atoms with Crippen molar-refractivity contribution in [3.63, 3.8) is 0 Å². The minimum Gasteiger partial charge on any atom is -0.468 e. The summed E-state index contributed by atoms with van der Waals surface area (Å²) in [5.41, 5.74) is 1.70. The topological polar surface area (TPSA) is 60.4 Å². The van der Waals surface area contributed by atoms with Gasteiger partial charge in [-0.15, -0.1) is 6.58 Å². The number of carbonyl (C=O) groups is 1. The fraction of sp³-hybridized carbons (Fsp3) is 0.542. The average Bonchev–Trinajstić information content (AvgIpc) is 2.69. The SMILES string of the molecule is C=CCC(CC(=C)CCCCCCCC)(C(=O)OC)S(=O)(=O)c1ccc(C)cc1. The third-order valence-corrected chi connectivity index (χ3v) is 7.70. The van der Waals surface area contributed by atoms with Crippen LogP contribution in [0.25, 0.3) is 0 Å². The van der Waals surface area contributed by atoms with Crippen molar-refractivity contribution in [3.05, 3.63) is 54.6 Å². The van der Waals surface area contributed by atoms with Gasteiger partial charge in [0.25, 0.3) is 0 Å². The van der Waals surface area contributed by atoms with Gasteiger partial charge < -0.3 is 4.74 Å². The van der Waals surface area contributed by atoms with Gasteiger partial charge in [0.15, 0.2) is 14.6 Å². The first-order chi connectivity index (χ1) is 13.7. The van der Waals surface area contributed by atoms with Gasteiger partial charge in [0, 0.05) is 0 Å². The van der Waals surface area contributed by atoms with Crippen molar-refractivity contribution in [2.45, 2.75) is 81.3 Å². The largest absolute Gasteiger partial charge is 0.468 e. The number of ether oxygens (including phenoxy) is 1. The molecule has 0 aliphatic rings. The van der Waals surface area contributed by atoms with Gasteiger partial charge in [0.1, 0.15) is 0 Å². The lowest BCUT2D eigenvalue weighted by Crippen LogP contribution is -2.47. The van der Waals surface area contributed by atoms with Crippen molar-refractivity contribution in [1.29, 1.82) is 0 Å². The van der Waals surface area contributed by atoms with Crippen LogP contribution in [0.5, 0.6) is 0 Å². The molecule has 0 spiro atoms. The van der Waals surface area contributed by atoms with Gasteiger partial charge in [-0.2, -0.15) is 0 Å².